The summed E-state index contributed by atoms with van der Waals surface area (Å²) in [6.45, 7) is 12.8. The normalized spacial score (nSPS) is 13.6. The van der Waals surface area contributed by atoms with Crippen LogP contribution in [-0.2, 0) is 70.2 Å². The van der Waals surface area contributed by atoms with Crippen LogP contribution in [0.15, 0.2) is 29.1 Å². The van der Waals surface area contributed by atoms with Gasteiger partial charge in [0, 0.05) is 33.2 Å². The Bertz CT molecular complexity index is 2040. The van der Waals surface area contributed by atoms with E-state index in [9.17, 15) is 19.2 Å². The molecule has 24 nitrogen and oxygen atoms in total. The van der Waals surface area contributed by atoms with Gasteiger partial charge in [-0.15, -0.1) is 0 Å². The van der Waals surface area contributed by atoms with E-state index < -0.39 is 6.04 Å². The van der Waals surface area contributed by atoms with E-state index in [1.165, 1.54) is 5.56 Å². The number of aromatic nitrogens is 4. The first-order valence-electron chi connectivity index (χ1n) is 26.1. The van der Waals surface area contributed by atoms with Crippen molar-refractivity contribution in [1.82, 2.24) is 40.4 Å². The maximum Gasteiger partial charge on any atom is 0.328 e. The summed E-state index contributed by atoms with van der Waals surface area (Å²) in [5, 5.41) is 8.66. The molecular weight excluding hydrogens is 965 g/mol. The summed E-state index contributed by atoms with van der Waals surface area (Å²) in [6, 6.07) is 7.66. The summed E-state index contributed by atoms with van der Waals surface area (Å²) in [6.07, 6.45) is 6.36. The van der Waals surface area contributed by atoms with Crippen LogP contribution in [0.5, 0.6) is 6.01 Å². The van der Waals surface area contributed by atoms with Crippen LogP contribution in [0.4, 0.5) is 5.82 Å². The molecule has 1 aromatic carbocycles. The van der Waals surface area contributed by atoms with Gasteiger partial charge in [0.05, 0.1) is 112 Å². The van der Waals surface area contributed by atoms with Crippen molar-refractivity contribution in [2.45, 2.75) is 83.8 Å². The molecule has 1 fully saturated rings. The lowest BCUT2D eigenvalue weighted by Gasteiger charge is -2.32. The Labute approximate surface area is 434 Å². The number of rotatable bonds is 44. The molecule has 0 radical (unpaired) electrons. The summed E-state index contributed by atoms with van der Waals surface area (Å²) in [7, 11) is 1.63. The van der Waals surface area contributed by atoms with Gasteiger partial charge in [0.1, 0.15) is 18.2 Å². The van der Waals surface area contributed by atoms with Crippen LogP contribution in [0.1, 0.15) is 75.8 Å². The molecule has 0 bridgehead atoms. The van der Waals surface area contributed by atoms with Gasteiger partial charge in [-0.25, -0.2) is 10.7 Å². The lowest BCUT2D eigenvalue weighted by Crippen LogP contribution is -2.47. The highest BCUT2D eigenvalue weighted by molar-refractivity contribution is 5.87. The number of hydrogen-bond donors (Lipinski definition) is 6. The third kappa shape index (κ3) is 26.1. The zero-order valence-electron chi connectivity index (χ0n) is 43.8. The molecule has 1 aliphatic rings. The number of ether oxygens (including phenoxy) is 9. The van der Waals surface area contributed by atoms with Crippen LogP contribution in [0.3, 0.4) is 0 Å². The number of amides is 3. The van der Waals surface area contributed by atoms with Crippen molar-refractivity contribution in [3.63, 3.8) is 0 Å². The molecule has 0 spiro atoms. The number of piperidine rings is 1. The highest BCUT2D eigenvalue weighted by Crippen LogP contribution is 2.23. The molecule has 74 heavy (non-hydrogen) atoms. The summed E-state index contributed by atoms with van der Waals surface area (Å²) in [4.78, 5) is 69.2. The first-order valence-corrected chi connectivity index (χ1v) is 26.1. The number of nitrogens with two attached hydrogens (primary N) is 2. The van der Waals surface area contributed by atoms with E-state index in [2.05, 4.69) is 59.7 Å². The number of H-pyrrole nitrogens is 1. The third-order valence-electron chi connectivity index (χ3n) is 11.9. The molecule has 3 amide bonds. The summed E-state index contributed by atoms with van der Waals surface area (Å²) < 4.78 is 50.5. The minimum Gasteiger partial charge on any atom is -0.463 e. The average molecular weight is 1050 g/mol. The molecule has 1 saturated heterocycles. The zero-order valence-corrected chi connectivity index (χ0v) is 43.8. The second-order valence-electron chi connectivity index (χ2n) is 17.7. The number of methoxy groups -OCH3 is 1. The largest absolute Gasteiger partial charge is 0.463 e. The molecule has 3 heterocycles. The van der Waals surface area contributed by atoms with Gasteiger partial charge in [-0.3, -0.25) is 28.7 Å². The van der Waals surface area contributed by atoms with Gasteiger partial charge in [-0.2, -0.15) is 9.97 Å². The molecule has 3 aromatic rings. The molecule has 0 aliphatic carbocycles. The first-order chi connectivity index (χ1) is 36.2. The number of nitrogens with zero attached hydrogens (tertiary/aromatic N) is 4. The molecule has 24 heteroatoms. The van der Waals surface area contributed by atoms with Gasteiger partial charge in [-0.1, -0.05) is 37.6 Å². The molecular formula is C50H84N10O14. The van der Waals surface area contributed by atoms with Crippen LogP contribution in [-0.4, -0.2) is 194 Å². The Balaban J connectivity index is 1.06. The Morgan fingerprint density at radius 3 is 1.85 bits per heavy atom. The number of hydrogen-bond acceptors (Lipinski definition) is 19. The monoisotopic (exact) mass is 1050 g/mol. The Kier molecular flexibility index (Phi) is 32.2. The molecule has 0 saturated carbocycles. The fraction of sp³-hybridized carbons (Fsp3) is 0.720. The number of unbranched alkanes of at least 4 members (excludes halogenated alkanes) is 2. The summed E-state index contributed by atoms with van der Waals surface area (Å²) in [5.41, 5.74) is 8.73. The van der Waals surface area contributed by atoms with Crippen molar-refractivity contribution in [2.24, 2.45) is 11.8 Å². The van der Waals surface area contributed by atoms with E-state index in [0.29, 0.717) is 155 Å². The summed E-state index contributed by atoms with van der Waals surface area (Å²) >= 11 is 0. The van der Waals surface area contributed by atoms with Crippen LogP contribution >= 0.6 is 0 Å². The number of aromatic amines is 1. The predicted octanol–water partition coefficient (Wildman–Crippen LogP) is 1.46. The van der Waals surface area contributed by atoms with Crippen LogP contribution in [0.2, 0.25) is 0 Å². The lowest BCUT2D eigenvalue weighted by atomic mass is 9.93. The fourth-order valence-electron chi connectivity index (χ4n) is 7.79. The number of carbonyl (C=O) groups excluding carboxylic acids is 3. The van der Waals surface area contributed by atoms with E-state index in [0.717, 1.165) is 57.3 Å². The maximum absolute atomic E-state index is 13.4. The molecule has 1 aliphatic heterocycles. The molecule has 4 rings (SSSR count). The molecule has 418 valence electrons. The molecule has 0 unspecified atom stereocenters. The SMILES string of the molecule is CCCCOc1nc(N)c2[nH]c(=O)n(Cc3ccc(CN4CCC(CCNC(=O)[C@H](CCCCNC(=O)CON)NC(=O)CCOCCOCCOCCOCCOCCOCCOCCOC)CC4)cc3)c2n1. The van der Waals surface area contributed by atoms with Crippen LogP contribution in [0, 0.1) is 5.92 Å². The van der Waals surface area contributed by atoms with Crippen molar-refractivity contribution in [3.8, 4) is 6.01 Å². The summed E-state index contributed by atoms with van der Waals surface area (Å²) in [5.74, 6) is 4.75. The van der Waals surface area contributed by atoms with Gasteiger partial charge in [0.15, 0.2) is 11.5 Å². The first kappa shape index (κ1) is 61.7. The van der Waals surface area contributed by atoms with E-state index in [4.69, 9.17) is 54.3 Å². The second-order valence-corrected chi connectivity index (χ2v) is 17.7. The number of benzene rings is 1. The number of nitrogen functional groups attached to an aromatic ring is 1. The van der Waals surface area contributed by atoms with Gasteiger partial charge < -0.3 is 69.3 Å². The van der Waals surface area contributed by atoms with E-state index in [1.807, 2.05) is 12.1 Å². The van der Waals surface area contributed by atoms with Gasteiger partial charge in [-0.05, 0) is 75.1 Å². The maximum atomic E-state index is 13.4. The minimum absolute atomic E-state index is 0.0863. The second kappa shape index (κ2) is 38.7. The topological polar surface area (TPSA) is 298 Å². The standard InChI is InChI=1S/C50H84N10O14/c1-3-4-20-73-49-57-46(51)45-47(58-49)60(50(64)56-45)37-41-10-8-40(9-11-41)36-59-18-13-39(14-19-59)12-17-54-48(63)42(7-5-6-16-53-44(62)38-74-52)55-43(61)15-21-66-24-25-68-28-29-70-32-33-72-35-34-71-31-30-69-27-26-67-23-22-65-2/h8-11,39,42H,3-7,12-38,52H2,1-2H3,(H,53,62)(H,54,63)(H,55,61)(H,56,64)(H2,51,57,58)/t42-/m0/s1. The fourth-order valence-corrected chi connectivity index (χ4v) is 7.79. The van der Waals surface area contributed by atoms with E-state index >= 15 is 0 Å². The van der Waals surface area contributed by atoms with Crippen molar-refractivity contribution in [2.75, 3.05) is 151 Å². The van der Waals surface area contributed by atoms with Crippen molar-refractivity contribution >= 4 is 34.7 Å². The highest BCUT2D eigenvalue weighted by atomic mass is 16.6. The number of fused-ring (bicyclic) bond motifs is 1. The van der Waals surface area contributed by atoms with Gasteiger partial charge in [0.2, 0.25) is 17.7 Å². The van der Waals surface area contributed by atoms with Crippen LogP contribution < -0.4 is 38.0 Å². The van der Waals surface area contributed by atoms with E-state index in [-0.39, 0.29) is 54.9 Å². The zero-order chi connectivity index (χ0) is 52.9. The van der Waals surface area contributed by atoms with Crippen LogP contribution in [0.25, 0.3) is 11.2 Å². The Hall–Kier alpha value is -4.86. The van der Waals surface area contributed by atoms with E-state index in [1.54, 1.807) is 11.7 Å². The number of anilines is 1. The van der Waals surface area contributed by atoms with Crippen molar-refractivity contribution in [1.29, 1.82) is 0 Å². The lowest BCUT2D eigenvalue weighted by molar-refractivity contribution is -0.129. The van der Waals surface area contributed by atoms with Crippen molar-refractivity contribution in [3.05, 3.63) is 45.9 Å². The number of nitrogens with one attached hydrogen (secondary N) is 4. The molecule has 1 atom stereocenters. The predicted molar refractivity (Wildman–Crippen MR) is 275 cm³/mol. The Morgan fingerprint density at radius 2 is 1.28 bits per heavy atom. The quantitative estimate of drug-likeness (QED) is 0.0345. The van der Waals surface area contributed by atoms with Gasteiger partial charge in [0.25, 0.3) is 0 Å². The third-order valence-corrected chi connectivity index (χ3v) is 11.9. The Morgan fingerprint density at radius 1 is 0.716 bits per heavy atom. The van der Waals surface area contributed by atoms with Crippen molar-refractivity contribution < 1.29 is 61.9 Å². The smallest absolute Gasteiger partial charge is 0.328 e. The molecule has 8 N–H and O–H groups in total. The molecule has 2 aromatic heterocycles. The minimum atomic E-state index is -0.729. The highest BCUT2D eigenvalue weighted by Gasteiger charge is 2.23. The number of carbonyl (C=O) groups is 3. The van der Waals surface area contributed by atoms with Gasteiger partial charge >= 0.3 is 11.7 Å². The number of likely N-dealkylation sites (tertiary alicyclic amines) is 1. The average Bonchev–Trinajstić information content (AvgIpc) is 3.71. The number of imidazole rings is 1.